The fourth-order valence-electron chi connectivity index (χ4n) is 1.43. The second-order valence-electron chi connectivity index (χ2n) is 3.58. The summed E-state index contributed by atoms with van der Waals surface area (Å²) in [5, 5.41) is 8.92. The van der Waals surface area contributed by atoms with E-state index in [2.05, 4.69) is 0 Å². The number of thioether (sulfide) groups is 1. The van der Waals surface area contributed by atoms with Gasteiger partial charge in [0.25, 0.3) is 5.91 Å². The summed E-state index contributed by atoms with van der Waals surface area (Å²) in [6.07, 6.45) is 3.04. The van der Waals surface area contributed by atoms with Crippen LogP contribution in [0.1, 0.15) is 12.7 Å². The number of rotatable bonds is 3. The first-order valence-corrected chi connectivity index (χ1v) is 6.26. The van der Waals surface area contributed by atoms with Crippen molar-refractivity contribution in [2.75, 3.05) is 0 Å². The topological polar surface area (TPSA) is 70.8 Å². The Morgan fingerprint density at radius 1 is 1.67 bits per heavy atom. The molecule has 2 heterocycles. The molecule has 7 heteroatoms. The largest absolute Gasteiger partial charge is 0.480 e. The van der Waals surface area contributed by atoms with Crippen LogP contribution in [0, 0.1) is 0 Å². The lowest BCUT2D eigenvalue weighted by molar-refractivity contribution is -0.144. The van der Waals surface area contributed by atoms with Gasteiger partial charge in [0.15, 0.2) is 0 Å². The van der Waals surface area contributed by atoms with Crippen LogP contribution in [0.15, 0.2) is 27.7 Å². The highest BCUT2D eigenvalue weighted by Crippen LogP contribution is 2.33. The summed E-state index contributed by atoms with van der Waals surface area (Å²) in [6, 6.07) is 2.43. The molecule has 1 unspecified atom stereocenters. The molecule has 1 atom stereocenters. The Kier molecular flexibility index (Phi) is 3.53. The van der Waals surface area contributed by atoms with E-state index in [1.807, 2.05) is 0 Å². The molecule has 5 nitrogen and oxygen atoms in total. The maximum atomic E-state index is 12.0. The molecule has 1 aromatic rings. The number of carbonyl (C=O) groups is 2. The van der Waals surface area contributed by atoms with Gasteiger partial charge >= 0.3 is 5.97 Å². The van der Waals surface area contributed by atoms with Crippen molar-refractivity contribution in [2.45, 2.75) is 13.0 Å². The molecule has 1 aliphatic rings. The van der Waals surface area contributed by atoms with Crippen molar-refractivity contribution in [1.29, 1.82) is 0 Å². The summed E-state index contributed by atoms with van der Waals surface area (Å²) in [5.74, 6) is -0.972. The van der Waals surface area contributed by atoms with Crippen LogP contribution >= 0.6 is 24.0 Å². The van der Waals surface area contributed by atoms with E-state index < -0.39 is 17.9 Å². The molecule has 0 aromatic carbocycles. The first-order valence-electron chi connectivity index (χ1n) is 5.04. The first kappa shape index (κ1) is 12.8. The highest BCUT2D eigenvalue weighted by molar-refractivity contribution is 8.26. The van der Waals surface area contributed by atoms with Crippen LogP contribution in [0.4, 0.5) is 0 Å². The van der Waals surface area contributed by atoms with E-state index >= 15 is 0 Å². The Labute approximate surface area is 112 Å². The number of aliphatic carboxylic acids is 1. The SMILES string of the molecule is CC(C(=O)O)N1C(=O)C(=Cc2ccco2)SC1=S. The van der Waals surface area contributed by atoms with Crippen LogP contribution in [0.2, 0.25) is 0 Å². The van der Waals surface area contributed by atoms with Crippen molar-refractivity contribution in [3.8, 4) is 0 Å². The normalized spacial score (nSPS) is 19.6. The van der Waals surface area contributed by atoms with E-state index in [4.69, 9.17) is 21.7 Å². The summed E-state index contributed by atoms with van der Waals surface area (Å²) in [7, 11) is 0. The lowest BCUT2D eigenvalue weighted by Crippen LogP contribution is -2.41. The number of carboxylic acid groups (broad SMARTS) is 1. The Morgan fingerprint density at radius 2 is 2.39 bits per heavy atom. The summed E-state index contributed by atoms with van der Waals surface area (Å²) in [5.41, 5.74) is 0. The molecule has 0 bridgehead atoms. The van der Waals surface area contributed by atoms with E-state index in [1.165, 1.54) is 13.2 Å². The molecule has 1 N–H and O–H groups in total. The zero-order valence-corrected chi connectivity index (χ0v) is 11.0. The minimum Gasteiger partial charge on any atom is -0.480 e. The standard InChI is InChI=1S/C11H9NO4S2/c1-6(10(14)15)12-9(13)8(18-11(12)17)5-7-3-2-4-16-7/h2-6H,1H3,(H,14,15). The Bertz CT molecular complexity index is 535. The fraction of sp³-hybridized carbons (Fsp3) is 0.182. The van der Waals surface area contributed by atoms with Crippen LogP contribution in [-0.4, -0.2) is 32.2 Å². The van der Waals surface area contributed by atoms with Crippen LogP contribution < -0.4 is 0 Å². The zero-order chi connectivity index (χ0) is 13.3. The summed E-state index contributed by atoms with van der Waals surface area (Å²) >= 11 is 6.09. The Balaban J connectivity index is 2.27. The van der Waals surface area contributed by atoms with Crippen molar-refractivity contribution in [3.63, 3.8) is 0 Å². The van der Waals surface area contributed by atoms with Gasteiger partial charge in [-0.15, -0.1) is 0 Å². The predicted molar refractivity (Wildman–Crippen MR) is 70.8 cm³/mol. The van der Waals surface area contributed by atoms with E-state index in [-0.39, 0.29) is 4.32 Å². The van der Waals surface area contributed by atoms with Crippen molar-refractivity contribution in [1.82, 2.24) is 4.90 Å². The van der Waals surface area contributed by atoms with Crippen LogP contribution in [0.3, 0.4) is 0 Å². The Hall–Kier alpha value is -1.60. The average molecular weight is 283 g/mol. The highest BCUT2D eigenvalue weighted by atomic mass is 32.2. The third-order valence-electron chi connectivity index (χ3n) is 2.38. The van der Waals surface area contributed by atoms with Gasteiger partial charge in [-0.3, -0.25) is 9.69 Å². The van der Waals surface area contributed by atoms with Crippen molar-refractivity contribution in [2.24, 2.45) is 0 Å². The molecular formula is C11H9NO4S2. The molecule has 0 aliphatic carbocycles. The lowest BCUT2D eigenvalue weighted by atomic mass is 10.3. The third kappa shape index (κ3) is 2.32. The van der Waals surface area contributed by atoms with Gasteiger partial charge in [-0.25, -0.2) is 4.79 Å². The van der Waals surface area contributed by atoms with Crippen LogP contribution in [-0.2, 0) is 9.59 Å². The smallest absolute Gasteiger partial charge is 0.326 e. The molecule has 1 amide bonds. The molecule has 1 aliphatic heterocycles. The van der Waals surface area contributed by atoms with Gasteiger partial charge < -0.3 is 9.52 Å². The molecular weight excluding hydrogens is 274 g/mol. The monoisotopic (exact) mass is 283 g/mol. The first-order chi connectivity index (χ1) is 8.50. The number of carbonyl (C=O) groups excluding carboxylic acids is 1. The molecule has 1 aromatic heterocycles. The van der Waals surface area contributed by atoms with Gasteiger partial charge in [-0.05, 0) is 19.1 Å². The molecule has 1 fully saturated rings. The summed E-state index contributed by atoms with van der Waals surface area (Å²) < 4.78 is 5.35. The average Bonchev–Trinajstić information content (AvgIpc) is 2.88. The maximum Gasteiger partial charge on any atom is 0.326 e. The zero-order valence-electron chi connectivity index (χ0n) is 9.32. The van der Waals surface area contributed by atoms with Crippen LogP contribution in [0.5, 0.6) is 0 Å². The van der Waals surface area contributed by atoms with E-state index in [0.717, 1.165) is 16.7 Å². The predicted octanol–water partition coefficient (Wildman–Crippen LogP) is 1.95. The second-order valence-corrected chi connectivity index (χ2v) is 5.26. The molecule has 2 rings (SSSR count). The minimum absolute atomic E-state index is 0.243. The molecule has 0 saturated carbocycles. The van der Waals surface area contributed by atoms with Gasteiger partial charge in [0.2, 0.25) is 0 Å². The van der Waals surface area contributed by atoms with Gasteiger partial charge in [0, 0.05) is 6.08 Å². The van der Waals surface area contributed by atoms with E-state index in [9.17, 15) is 9.59 Å². The van der Waals surface area contributed by atoms with Gasteiger partial charge in [0.05, 0.1) is 11.2 Å². The number of hydrogen-bond acceptors (Lipinski definition) is 5. The maximum absolute atomic E-state index is 12.0. The van der Waals surface area contributed by atoms with E-state index in [0.29, 0.717) is 10.7 Å². The quantitative estimate of drug-likeness (QED) is 0.675. The van der Waals surface area contributed by atoms with Gasteiger partial charge in [0.1, 0.15) is 16.1 Å². The molecule has 0 radical (unpaired) electrons. The number of amides is 1. The van der Waals surface area contributed by atoms with Crippen molar-refractivity contribution < 1.29 is 19.1 Å². The second kappa shape index (κ2) is 4.95. The van der Waals surface area contributed by atoms with Crippen LogP contribution in [0.25, 0.3) is 6.08 Å². The molecule has 0 spiro atoms. The third-order valence-corrected chi connectivity index (χ3v) is 3.72. The Morgan fingerprint density at radius 3 is 2.94 bits per heavy atom. The van der Waals surface area contributed by atoms with Gasteiger partial charge in [-0.1, -0.05) is 24.0 Å². The number of hydrogen-bond donors (Lipinski definition) is 1. The fourth-order valence-corrected chi connectivity index (χ4v) is 2.83. The number of carboxylic acids is 1. The number of thiocarbonyl (C=S) groups is 1. The highest BCUT2D eigenvalue weighted by Gasteiger charge is 2.38. The molecule has 1 saturated heterocycles. The summed E-state index contributed by atoms with van der Waals surface area (Å²) in [4.78, 5) is 24.4. The lowest BCUT2D eigenvalue weighted by Gasteiger charge is -2.18. The number of nitrogens with zero attached hydrogens (tertiary/aromatic N) is 1. The van der Waals surface area contributed by atoms with Crippen molar-refractivity contribution in [3.05, 3.63) is 29.1 Å². The van der Waals surface area contributed by atoms with Gasteiger partial charge in [-0.2, -0.15) is 0 Å². The number of furan rings is 1. The summed E-state index contributed by atoms with van der Waals surface area (Å²) in [6.45, 7) is 1.42. The minimum atomic E-state index is -1.09. The molecule has 94 valence electrons. The van der Waals surface area contributed by atoms with Crippen molar-refractivity contribution >= 4 is 46.3 Å². The molecule has 18 heavy (non-hydrogen) atoms. The van der Waals surface area contributed by atoms with E-state index in [1.54, 1.807) is 18.2 Å².